The number of hydrogen-bond donors (Lipinski definition) is 1. The third-order valence-corrected chi connectivity index (χ3v) is 4.29. The lowest BCUT2D eigenvalue weighted by Crippen LogP contribution is -2.34. The smallest absolute Gasteiger partial charge is 0.0124 e. The summed E-state index contributed by atoms with van der Waals surface area (Å²) in [6, 6.07) is 0.904. The Hall–Kier alpha value is 0.310. The van der Waals surface area contributed by atoms with Crippen molar-refractivity contribution >= 4 is 11.8 Å². The molecule has 0 aromatic heterocycles. The van der Waals surface area contributed by atoms with Crippen molar-refractivity contribution in [3.8, 4) is 0 Å². The molecule has 1 N–H and O–H groups in total. The summed E-state index contributed by atoms with van der Waals surface area (Å²) in [5.41, 5.74) is 0. The lowest BCUT2D eigenvalue weighted by atomic mass is 10.1. The van der Waals surface area contributed by atoms with Crippen LogP contribution in [0.4, 0.5) is 0 Å². The van der Waals surface area contributed by atoms with Gasteiger partial charge in [0.15, 0.2) is 0 Å². The van der Waals surface area contributed by atoms with Crippen LogP contribution in [0.25, 0.3) is 0 Å². The molecule has 0 atom stereocenters. The molecule has 14 heavy (non-hydrogen) atoms. The van der Waals surface area contributed by atoms with Gasteiger partial charge >= 0.3 is 0 Å². The first kappa shape index (κ1) is 10.8. The second-order valence-electron chi connectivity index (χ2n) is 4.71. The van der Waals surface area contributed by atoms with E-state index in [-0.39, 0.29) is 0 Å². The molecule has 0 saturated heterocycles. The van der Waals surface area contributed by atoms with Gasteiger partial charge in [-0.2, -0.15) is 11.8 Å². The van der Waals surface area contributed by atoms with Crippen LogP contribution in [0.2, 0.25) is 0 Å². The van der Waals surface area contributed by atoms with Crippen molar-refractivity contribution < 1.29 is 0 Å². The largest absolute Gasteiger partial charge is 0.313 e. The Morgan fingerprint density at radius 1 is 1.21 bits per heavy atom. The molecule has 0 aliphatic heterocycles. The van der Waals surface area contributed by atoms with Gasteiger partial charge in [-0.3, -0.25) is 0 Å². The van der Waals surface area contributed by atoms with Crippen LogP contribution < -0.4 is 5.32 Å². The van der Waals surface area contributed by atoms with Crippen LogP contribution in [-0.4, -0.2) is 24.1 Å². The van der Waals surface area contributed by atoms with E-state index in [1.807, 2.05) is 0 Å². The molecular weight excluding hydrogens is 190 g/mol. The molecule has 0 bridgehead atoms. The molecule has 1 nitrogen and oxygen atoms in total. The van der Waals surface area contributed by atoms with Gasteiger partial charge < -0.3 is 5.32 Å². The van der Waals surface area contributed by atoms with Crippen molar-refractivity contribution in [2.75, 3.05) is 18.1 Å². The van der Waals surface area contributed by atoms with E-state index in [1.54, 1.807) is 0 Å². The Balaban J connectivity index is 1.53. The van der Waals surface area contributed by atoms with E-state index in [1.165, 1.54) is 50.2 Å². The van der Waals surface area contributed by atoms with E-state index in [2.05, 4.69) is 24.0 Å². The van der Waals surface area contributed by atoms with Gasteiger partial charge in [0.1, 0.15) is 0 Å². The Labute approximate surface area is 92.4 Å². The highest BCUT2D eigenvalue weighted by Gasteiger charge is 2.40. The van der Waals surface area contributed by atoms with Crippen molar-refractivity contribution in [1.82, 2.24) is 5.32 Å². The van der Waals surface area contributed by atoms with Gasteiger partial charge in [-0.15, -0.1) is 0 Å². The SMILES string of the molecule is CCSCCCNC(C1CC1)C1CC1. The molecular formula is C12H23NS. The minimum atomic E-state index is 0.904. The van der Waals surface area contributed by atoms with Gasteiger partial charge in [-0.05, 0) is 62.0 Å². The molecule has 82 valence electrons. The van der Waals surface area contributed by atoms with Gasteiger partial charge in [0.2, 0.25) is 0 Å². The topological polar surface area (TPSA) is 12.0 Å². The summed E-state index contributed by atoms with van der Waals surface area (Å²) in [6.07, 6.45) is 7.35. The molecule has 2 aliphatic rings. The summed E-state index contributed by atoms with van der Waals surface area (Å²) < 4.78 is 0. The van der Waals surface area contributed by atoms with Crippen LogP contribution in [0.15, 0.2) is 0 Å². The molecule has 2 aliphatic carbocycles. The first-order valence-corrected chi connectivity index (χ1v) is 7.38. The maximum Gasteiger partial charge on any atom is 0.0124 e. The number of hydrogen-bond acceptors (Lipinski definition) is 2. The minimum absolute atomic E-state index is 0.904. The maximum atomic E-state index is 3.79. The highest BCUT2D eigenvalue weighted by Crippen LogP contribution is 2.44. The zero-order valence-electron chi connectivity index (χ0n) is 9.30. The van der Waals surface area contributed by atoms with E-state index in [0.29, 0.717) is 0 Å². The second-order valence-corrected chi connectivity index (χ2v) is 6.10. The first-order chi connectivity index (χ1) is 6.92. The first-order valence-electron chi connectivity index (χ1n) is 6.23. The molecule has 2 saturated carbocycles. The van der Waals surface area contributed by atoms with Crippen molar-refractivity contribution in [3.63, 3.8) is 0 Å². The fourth-order valence-electron chi connectivity index (χ4n) is 2.22. The van der Waals surface area contributed by atoms with Crippen molar-refractivity contribution in [1.29, 1.82) is 0 Å². The van der Waals surface area contributed by atoms with Gasteiger partial charge in [0.05, 0.1) is 0 Å². The maximum absolute atomic E-state index is 3.79. The number of thioether (sulfide) groups is 1. The molecule has 2 heteroatoms. The van der Waals surface area contributed by atoms with Gasteiger partial charge in [-0.25, -0.2) is 0 Å². The summed E-state index contributed by atoms with van der Waals surface area (Å²) in [6.45, 7) is 3.50. The Kier molecular flexibility index (Phi) is 4.18. The molecule has 0 aromatic carbocycles. The average molecular weight is 213 g/mol. The quantitative estimate of drug-likeness (QED) is 0.622. The van der Waals surface area contributed by atoms with E-state index < -0.39 is 0 Å². The summed E-state index contributed by atoms with van der Waals surface area (Å²) in [5.74, 6) is 4.72. The van der Waals surface area contributed by atoms with E-state index in [0.717, 1.165) is 17.9 Å². The van der Waals surface area contributed by atoms with Crippen LogP contribution in [0.5, 0.6) is 0 Å². The van der Waals surface area contributed by atoms with Crippen LogP contribution in [0.1, 0.15) is 39.0 Å². The van der Waals surface area contributed by atoms with Gasteiger partial charge in [0, 0.05) is 6.04 Å². The van der Waals surface area contributed by atoms with E-state index >= 15 is 0 Å². The summed E-state index contributed by atoms with van der Waals surface area (Å²) in [5, 5.41) is 3.79. The summed E-state index contributed by atoms with van der Waals surface area (Å²) >= 11 is 2.07. The third-order valence-electron chi connectivity index (χ3n) is 3.31. The van der Waals surface area contributed by atoms with Gasteiger partial charge in [0.25, 0.3) is 0 Å². The third kappa shape index (κ3) is 3.47. The molecule has 2 fully saturated rings. The average Bonchev–Trinajstić information content (AvgIpc) is 3.03. The van der Waals surface area contributed by atoms with Crippen LogP contribution in [0, 0.1) is 11.8 Å². The highest BCUT2D eigenvalue weighted by molar-refractivity contribution is 7.99. The van der Waals surface area contributed by atoms with Crippen LogP contribution in [-0.2, 0) is 0 Å². The Bertz CT molecular complexity index is 152. The van der Waals surface area contributed by atoms with E-state index in [4.69, 9.17) is 0 Å². The predicted molar refractivity (Wildman–Crippen MR) is 64.9 cm³/mol. The predicted octanol–water partition coefficient (Wildman–Crippen LogP) is 2.91. The second kappa shape index (κ2) is 5.41. The number of rotatable bonds is 8. The fraction of sp³-hybridized carbons (Fsp3) is 1.00. The van der Waals surface area contributed by atoms with Gasteiger partial charge in [-0.1, -0.05) is 6.92 Å². The molecule has 0 spiro atoms. The van der Waals surface area contributed by atoms with Crippen molar-refractivity contribution in [3.05, 3.63) is 0 Å². The molecule has 2 rings (SSSR count). The molecule has 0 unspecified atom stereocenters. The highest BCUT2D eigenvalue weighted by atomic mass is 32.2. The Morgan fingerprint density at radius 3 is 2.36 bits per heavy atom. The van der Waals surface area contributed by atoms with E-state index in [9.17, 15) is 0 Å². The monoisotopic (exact) mass is 213 g/mol. The minimum Gasteiger partial charge on any atom is -0.313 e. The Morgan fingerprint density at radius 2 is 1.86 bits per heavy atom. The lowest BCUT2D eigenvalue weighted by molar-refractivity contribution is 0.418. The van der Waals surface area contributed by atoms with Crippen molar-refractivity contribution in [2.24, 2.45) is 11.8 Å². The lowest BCUT2D eigenvalue weighted by Gasteiger charge is -2.17. The normalized spacial score (nSPS) is 21.9. The summed E-state index contributed by atoms with van der Waals surface area (Å²) in [4.78, 5) is 0. The molecule has 0 heterocycles. The standard InChI is InChI=1S/C12H23NS/c1-2-14-9-3-8-13-12(10-4-5-10)11-6-7-11/h10-13H,2-9H2,1H3. The fourth-order valence-corrected chi connectivity index (χ4v) is 2.85. The molecule has 0 amide bonds. The zero-order chi connectivity index (χ0) is 9.80. The van der Waals surface area contributed by atoms with Crippen LogP contribution >= 0.6 is 11.8 Å². The summed E-state index contributed by atoms with van der Waals surface area (Å²) in [7, 11) is 0. The zero-order valence-corrected chi connectivity index (χ0v) is 10.1. The van der Waals surface area contributed by atoms with Crippen molar-refractivity contribution in [2.45, 2.75) is 45.1 Å². The van der Waals surface area contributed by atoms with Crippen LogP contribution in [0.3, 0.4) is 0 Å². The molecule has 0 aromatic rings. The number of nitrogens with one attached hydrogen (secondary N) is 1. The molecule has 0 radical (unpaired) electrons.